The predicted octanol–water partition coefficient (Wildman–Crippen LogP) is 4.05. The SMILES string of the molecule is O=C1OC2(CCC(C(=O)NC3CCN(c4cccc(C(F)(F)F)c4)C3)CC2)c2cnccc21. The molecule has 0 bridgehead atoms. The lowest BCUT2D eigenvalue weighted by molar-refractivity contribution is -0.137. The molecule has 2 aliphatic heterocycles. The number of nitrogens with one attached hydrogen (secondary N) is 1. The number of hydrogen-bond donors (Lipinski definition) is 1. The molecule has 1 amide bonds. The summed E-state index contributed by atoms with van der Waals surface area (Å²) in [7, 11) is 0. The van der Waals surface area contributed by atoms with Crippen LogP contribution in [-0.4, -0.2) is 36.0 Å². The van der Waals surface area contributed by atoms with Crippen LogP contribution < -0.4 is 10.2 Å². The van der Waals surface area contributed by atoms with Gasteiger partial charge in [-0.1, -0.05) is 6.07 Å². The fourth-order valence-electron chi connectivity index (χ4n) is 5.25. The molecule has 6 nitrogen and oxygen atoms in total. The first-order valence-corrected chi connectivity index (χ1v) is 11.2. The van der Waals surface area contributed by atoms with E-state index in [1.54, 1.807) is 24.5 Å². The van der Waals surface area contributed by atoms with Crippen molar-refractivity contribution < 1.29 is 27.5 Å². The van der Waals surface area contributed by atoms with Crippen LogP contribution in [0.2, 0.25) is 0 Å². The molecule has 174 valence electrons. The molecule has 1 saturated carbocycles. The number of alkyl halides is 3. The Kier molecular flexibility index (Phi) is 5.29. The Morgan fingerprint density at radius 3 is 2.73 bits per heavy atom. The monoisotopic (exact) mass is 459 g/mol. The van der Waals surface area contributed by atoms with Gasteiger partial charge in [0, 0.05) is 48.7 Å². The van der Waals surface area contributed by atoms with E-state index in [1.807, 2.05) is 4.90 Å². The van der Waals surface area contributed by atoms with Crippen LogP contribution in [0.3, 0.4) is 0 Å². The molecule has 1 saturated heterocycles. The number of esters is 1. The van der Waals surface area contributed by atoms with E-state index in [0.717, 1.165) is 17.7 Å². The Labute approximate surface area is 189 Å². The van der Waals surface area contributed by atoms with E-state index >= 15 is 0 Å². The number of nitrogens with zero attached hydrogens (tertiary/aromatic N) is 2. The van der Waals surface area contributed by atoms with Crippen molar-refractivity contribution in [1.29, 1.82) is 0 Å². The Morgan fingerprint density at radius 1 is 1.18 bits per heavy atom. The summed E-state index contributed by atoms with van der Waals surface area (Å²) in [6, 6.07) is 6.84. The van der Waals surface area contributed by atoms with E-state index in [2.05, 4.69) is 10.3 Å². The van der Waals surface area contributed by atoms with Gasteiger partial charge < -0.3 is 15.0 Å². The largest absolute Gasteiger partial charge is 0.450 e. The van der Waals surface area contributed by atoms with E-state index in [4.69, 9.17) is 4.74 Å². The van der Waals surface area contributed by atoms with E-state index in [-0.39, 0.29) is 23.8 Å². The molecule has 1 unspecified atom stereocenters. The van der Waals surface area contributed by atoms with Gasteiger partial charge in [-0.15, -0.1) is 0 Å². The number of pyridine rings is 1. The van der Waals surface area contributed by atoms with Crippen molar-refractivity contribution in [2.75, 3.05) is 18.0 Å². The lowest BCUT2D eigenvalue weighted by Gasteiger charge is -2.36. The van der Waals surface area contributed by atoms with Crippen LogP contribution in [0.1, 0.15) is 53.6 Å². The lowest BCUT2D eigenvalue weighted by Crippen LogP contribution is -2.43. The maximum atomic E-state index is 13.0. The highest BCUT2D eigenvalue weighted by Crippen LogP contribution is 2.47. The van der Waals surface area contributed by atoms with Crippen molar-refractivity contribution in [2.24, 2.45) is 5.92 Å². The van der Waals surface area contributed by atoms with Crippen molar-refractivity contribution >= 4 is 17.6 Å². The minimum absolute atomic E-state index is 0.0449. The van der Waals surface area contributed by atoms with Gasteiger partial charge in [-0.2, -0.15) is 13.2 Å². The molecular weight excluding hydrogens is 435 g/mol. The van der Waals surface area contributed by atoms with Gasteiger partial charge in [-0.25, -0.2) is 4.79 Å². The number of carbonyl (C=O) groups is 2. The maximum absolute atomic E-state index is 13.0. The van der Waals surface area contributed by atoms with Crippen LogP contribution in [0.4, 0.5) is 18.9 Å². The third-order valence-corrected chi connectivity index (χ3v) is 7.06. The van der Waals surface area contributed by atoms with Crippen molar-refractivity contribution in [3.05, 3.63) is 59.4 Å². The third kappa shape index (κ3) is 4.05. The van der Waals surface area contributed by atoms with E-state index in [1.165, 1.54) is 6.07 Å². The average molecular weight is 459 g/mol. The van der Waals surface area contributed by atoms with Gasteiger partial charge in [0.2, 0.25) is 5.91 Å². The van der Waals surface area contributed by atoms with Crippen LogP contribution in [-0.2, 0) is 21.3 Å². The Bertz CT molecular complexity index is 1080. The fourth-order valence-corrected chi connectivity index (χ4v) is 5.25. The van der Waals surface area contributed by atoms with Crippen LogP contribution in [0, 0.1) is 5.92 Å². The van der Waals surface area contributed by atoms with Gasteiger partial charge >= 0.3 is 12.1 Å². The topological polar surface area (TPSA) is 71.5 Å². The molecule has 33 heavy (non-hydrogen) atoms. The number of carbonyl (C=O) groups excluding carboxylic acids is 2. The summed E-state index contributed by atoms with van der Waals surface area (Å²) in [5.74, 6) is -0.565. The summed E-state index contributed by atoms with van der Waals surface area (Å²) in [6.07, 6.45) is 1.87. The summed E-state index contributed by atoms with van der Waals surface area (Å²) in [6.45, 7) is 1.06. The molecule has 9 heteroatoms. The number of hydrogen-bond acceptors (Lipinski definition) is 5. The summed E-state index contributed by atoms with van der Waals surface area (Å²) in [5, 5.41) is 3.08. The van der Waals surface area contributed by atoms with Crippen molar-refractivity contribution in [3.8, 4) is 0 Å². The summed E-state index contributed by atoms with van der Waals surface area (Å²) in [5.41, 5.74) is 0.505. The minimum Gasteiger partial charge on any atom is -0.450 e. The lowest BCUT2D eigenvalue weighted by atomic mass is 9.75. The van der Waals surface area contributed by atoms with E-state index < -0.39 is 17.3 Å². The molecule has 1 atom stereocenters. The summed E-state index contributed by atoms with van der Waals surface area (Å²) < 4.78 is 44.8. The molecule has 3 aliphatic rings. The first kappa shape index (κ1) is 21.7. The van der Waals surface area contributed by atoms with Gasteiger partial charge in [0.1, 0.15) is 5.60 Å². The molecule has 2 fully saturated rings. The summed E-state index contributed by atoms with van der Waals surface area (Å²) in [4.78, 5) is 31.1. The fraction of sp³-hybridized carbons (Fsp3) is 0.458. The molecular formula is C24H24F3N3O3. The normalized spacial score (nSPS) is 26.9. The number of aromatic nitrogens is 1. The highest BCUT2D eigenvalue weighted by atomic mass is 19.4. The molecule has 1 N–H and O–H groups in total. The van der Waals surface area contributed by atoms with E-state index in [9.17, 15) is 22.8 Å². The van der Waals surface area contributed by atoms with E-state index in [0.29, 0.717) is 56.4 Å². The molecule has 5 rings (SSSR count). The zero-order chi connectivity index (χ0) is 23.2. The second-order valence-corrected chi connectivity index (χ2v) is 9.07. The van der Waals surface area contributed by atoms with Crippen molar-refractivity contribution in [3.63, 3.8) is 0 Å². The molecule has 1 spiro atoms. The Hall–Kier alpha value is -3.10. The van der Waals surface area contributed by atoms with Gasteiger partial charge in [0.15, 0.2) is 0 Å². The predicted molar refractivity (Wildman–Crippen MR) is 113 cm³/mol. The maximum Gasteiger partial charge on any atom is 0.416 e. The van der Waals surface area contributed by atoms with Crippen LogP contribution in [0.5, 0.6) is 0 Å². The number of halogens is 3. The molecule has 1 aliphatic carbocycles. The van der Waals surface area contributed by atoms with Crippen molar-refractivity contribution in [1.82, 2.24) is 10.3 Å². The van der Waals surface area contributed by atoms with Crippen LogP contribution >= 0.6 is 0 Å². The molecule has 0 radical (unpaired) electrons. The quantitative estimate of drug-likeness (QED) is 0.702. The third-order valence-electron chi connectivity index (χ3n) is 7.06. The average Bonchev–Trinajstić information content (AvgIpc) is 3.37. The number of benzene rings is 1. The van der Waals surface area contributed by atoms with Crippen molar-refractivity contribution in [2.45, 2.75) is 49.9 Å². The van der Waals surface area contributed by atoms with Gasteiger partial charge in [0.05, 0.1) is 11.1 Å². The number of ether oxygens (including phenoxy) is 1. The van der Waals surface area contributed by atoms with Gasteiger partial charge in [-0.3, -0.25) is 9.78 Å². The van der Waals surface area contributed by atoms with Crippen LogP contribution in [0.15, 0.2) is 42.7 Å². The number of rotatable bonds is 3. The zero-order valence-electron chi connectivity index (χ0n) is 17.9. The number of anilines is 1. The smallest absolute Gasteiger partial charge is 0.416 e. The highest BCUT2D eigenvalue weighted by molar-refractivity contribution is 5.94. The first-order valence-electron chi connectivity index (χ1n) is 11.2. The minimum atomic E-state index is -4.38. The highest BCUT2D eigenvalue weighted by Gasteiger charge is 2.48. The van der Waals surface area contributed by atoms with Gasteiger partial charge in [-0.05, 0) is 56.4 Å². The molecule has 3 heterocycles. The molecule has 1 aromatic heterocycles. The summed E-state index contributed by atoms with van der Waals surface area (Å²) >= 11 is 0. The first-order chi connectivity index (χ1) is 15.7. The van der Waals surface area contributed by atoms with Crippen LogP contribution in [0.25, 0.3) is 0 Å². The number of fused-ring (bicyclic) bond motifs is 2. The second kappa shape index (κ2) is 8.04. The Morgan fingerprint density at radius 2 is 1.97 bits per heavy atom. The van der Waals surface area contributed by atoms with Gasteiger partial charge in [0.25, 0.3) is 0 Å². The number of amides is 1. The Balaban J connectivity index is 1.17. The molecule has 1 aromatic carbocycles. The second-order valence-electron chi connectivity index (χ2n) is 9.07. The standard InChI is InChI=1S/C24H24F3N3O3/c25-24(26,27)16-2-1-3-18(12-16)30-11-7-17(14-30)29-21(31)15-4-8-23(9-5-15)20-13-28-10-6-19(20)22(32)33-23/h1-3,6,10,12-13,15,17H,4-5,7-9,11,14H2,(H,29,31). The molecule has 2 aromatic rings. The zero-order valence-corrected chi connectivity index (χ0v) is 17.9.